The highest BCUT2D eigenvalue weighted by molar-refractivity contribution is 5.76. The molecule has 0 aliphatic heterocycles. The molecule has 0 radical (unpaired) electrons. The van der Waals surface area contributed by atoms with Crippen LogP contribution in [-0.4, -0.2) is 35.0 Å². The monoisotopic (exact) mass is 265 g/mol. The number of anilines is 2. The van der Waals surface area contributed by atoms with Gasteiger partial charge in [-0.15, -0.1) is 0 Å². The molecule has 1 aromatic heterocycles. The Labute approximate surface area is 114 Å². The van der Waals surface area contributed by atoms with Crippen LogP contribution in [-0.2, 0) is 4.79 Å². The molecule has 0 atom stereocenters. The van der Waals surface area contributed by atoms with Gasteiger partial charge in [0.25, 0.3) is 0 Å². The van der Waals surface area contributed by atoms with Gasteiger partial charge in [0, 0.05) is 37.3 Å². The van der Waals surface area contributed by atoms with Crippen LogP contribution < -0.4 is 16.0 Å². The molecule has 1 amide bonds. The second-order valence-electron chi connectivity index (χ2n) is 4.65. The van der Waals surface area contributed by atoms with Crippen LogP contribution >= 0.6 is 0 Å². The van der Waals surface area contributed by atoms with Crippen molar-refractivity contribution in [1.82, 2.24) is 15.3 Å². The lowest BCUT2D eigenvalue weighted by atomic mass is 10.3. The number of rotatable bonds is 7. The Hall–Kier alpha value is -1.85. The Morgan fingerprint density at radius 3 is 2.74 bits per heavy atom. The fourth-order valence-corrected chi connectivity index (χ4v) is 1.55. The van der Waals surface area contributed by atoms with E-state index in [0.29, 0.717) is 18.9 Å². The minimum Gasteiger partial charge on any atom is -0.369 e. The van der Waals surface area contributed by atoms with E-state index in [1.54, 1.807) is 6.20 Å². The molecular formula is C13H23N5O. The summed E-state index contributed by atoms with van der Waals surface area (Å²) in [6, 6.07) is 0.175. The van der Waals surface area contributed by atoms with Gasteiger partial charge in [0.15, 0.2) is 0 Å². The molecule has 0 aliphatic carbocycles. The fraction of sp³-hybridized carbons (Fsp3) is 0.615. The van der Waals surface area contributed by atoms with E-state index in [1.807, 2.05) is 27.7 Å². The highest BCUT2D eigenvalue weighted by Gasteiger charge is 2.05. The number of aryl methyl sites for hydroxylation is 1. The van der Waals surface area contributed by atoms with Gasteiger partial charge in [0.2, 0.25) is 11.9 Å². The average molecular weight is 265 g/mol. The first-order chi connectivity index (χ1) is 9.02. The summed E-state index contributed by atoms with van der Waals surface area (Å²) in [5.41, 5.74) is 0.964. The molecule has 3 N–H and O–H groups in total. The summed E-state index contributed by atoms with van der Waals surface area (Å²) in [7, 11) is 0. The SMILES string of the molecule is CCNc1ncc(C)c(NCCC(=O)NC(C)C)n1. The molecule has 0 saturated carbocycles. The third kappa shape index (κ3) is 5.54. The summed E-state index contributed by atoms with van der Waals surface area (Å²) in [5.74, 6) is 1.41. The summed E-state index contributed by atoms with van der Waals surface area (Å²) < 4.78 is 0. The van der Waals surface area contributed by atoms with E-state index in [-0.39, 0.29) is 11.9 Å². The first kappa shape index (κ1) is 15.2. The van der Waals surface area contributed by atoms with Gasteiger partial charge in [-0.3, -0.25) is 4.79 Å². The van der Waals surface area contributed by atoms with E-state index in [1.165, 1.54) is 0 Å². The number of aromatic nitrogens is 2. The van der Waals surface area contributed by atoms with Crippen LogP contribution in [0.25, 0.3) is 0 Å². The Morgan fingerprint density at radius 2 is 2.11 bits per heavy atom. The average Bonchev–Trinajstić information content (AvgIpc) is 2.32. The van der Waals surface area contributed by atoms with E-state index in [4.69, 9.17) is 0 Å². The van der Waals surface area contributed by atoms with Gasteiger partial charge in [-0.2, -0.15) is 4.98 Å². The number of carbonyl (C=O) groups is 1. The van der Waals surface area contributed by atoms with Crippen LogP contribution in [0, 0.1) is 6.92 Å². The van der Waals surface area contributed by atoms with Crippen molar-refractivity contribution in [2.24, 2.45) is 0 Å². The number of hydrogen-bond acceptors (Lipinski definition) is 5. The Balaban J connectivity index is 2.48. The maximum atomic E-state index is 11.5. The van der Waals surface area contributed by atoms with E-state index >= 15 is 0 Å². The molecule has 0 aromatic carbocycles. The molecule has 0 fully saturated rings. The molecule has 1 aromatic rings. The first-order valence-corrected chi connectivity index (χ1v) is 6.63. The number of carbonyl (C=O) groups excluding carboxylic acids is 1. The smallest absolute Gasteiger partial charge is 0.224 e. The summed E-state index contributed by atoms with van der Waals surface area (Å²) in [6.07, 6.45) is 2.19. The second kappa shape index (κ2) is 7.56. The van der Waals surface area contributed by atoms with Gasteiger partial charge in [0.05, 0.1) is 0 Å². The van der Waals surface area contributed by atoms with Gasteiger partial charge in [-0.1, -0.05) is 0 Å². The summed E-state index contributed by atoms with van der Waals surface area (Å²) in [5, 5.41) is 9.07. The number of hydrogen-bond donors (Lipinski definition) is 3. The molecule has 0 aliphatic rings. The van der Waals surface area contributed by atoms with Gasteiger partial charge in [-0.25, -0.2) is 4.98 Å². The second-order valence-corrected chi connectivity index (χ2v) is 4.65. The van der Waals surface area contributed by atoms with Gasteiger partial charge < -0.3 is 16.0 Å². The Morgan fingerprint density at radius 1 is 1.37 bits per heavy atom. The molecule has 0 saturated heterocycles. The summed E-state index contributed by atoms with van der Waals surface area (Å²) in [4.78, 5) is 20.0. The number of nitrogens with zero attached hydrogens (tertiary/aromatic N) is 2. The number of amides is 1. The van der Waals surface area contributed by atoms with Crippen molar-refractivity contribution in [3.05, 3.63) is 11.8 Å². The zero-order valence-electron chi connectivity index (χ0n) is 12.1. The molecule has 0 unspecified atom stereocenters. The Bertz CT molecular complexity index is 419. The van der Waals surface area contributed by atoms with Crippen LogP contribution in [0.15, 0.2) is 6.20 Å². The summed E-state index contributed by atoms with van der Waals surface area (Å²) in [6.45, 7) is 9.16. The van der Waals surface area contributed by atoms with Crippen molar-refractivity contribution in [1.29, 1.82) is 0 Å². The topological polar surface area (TPSA) is 78.9 Å². The van der Waals surface area contributed by atoms with Crippen LogP contribution in [0.1, 0.15) is 32.8 Å². The van der Waals surface area contributed by atoms with Gasteiger partial charge in [-0.05, 0) is 27.7 Å². The van der Waals surface area contributed by atoms with Gasteiger partial charge >= 0.3 is 0 Å². The summed E-state index contributed by atoms with van der Waals surface area (Å²) >= 11 is 0. The maximum Gasteiger partial charge on any atom is 0.224 e. The van der Waals surface area contributed by atoms with E-state index in [9.17, 15) is 4.79 Å². The molecule has 0 spiro atoms. The highest BCUT2D eigenvalue weighted by atomic mass is 16.1. The lowest BCUT2D eigenvalue weighted by molar-refractivity contribution is -0.121. The van der Waals surface area contributed by atoms with Crippen molar-refractivity contribution in [2.75, 3.05) is 23.7 Å². The molecule has 6 heteroatoms. The zero-order chi connectivity index (χ0) is 14.3. The normalized spacial score (nSPS) is 10.4. The van der Waals surface area contributed by atoms with Crippen LogP contribution in [0.5, 0.6) is 0 Å². The van der Waals surface area contributed by atoms with Crippen molar-refractivity contribution in [3.8, 4) is 0 Å². The molecule has 19 heavy (non-hydrogen) atoms. The van der Waals surface area contributed by atoms with Crippen LogP contribution in [0.3, 0.4) is 0 Å². The van der Waals surface area contributed by atoms with Crippen molar-refractivity contribution >= 4 is 17.7 Å². The fourth-order valence-electron chi connectivity index (χ4n) is 1.55. The minimum absolute atomic E-state index is 0.0427. The minimum atomic E-state index is 0.0427. The molecule has 106 valence electrons. The van der Waals surface area contributed by atoms with E-state index in [2.05, 4.69) is 25.9 Å². The number of nitrogens with one attached hydrogen (secondary N) is 3. The van der Waals surface area contributed by atoms with E-state index < -0.39 is 0 Å². The molecule has 1 rings (SSSR count). The quantitative estimate of drug-likeness (QED) is 0.697. The largest absolute Gasteiger partial charge is 0.369 e. The third-order valence-electron chi connectivity index (χ3n) is 2.40. The predicted molar refractivity (Wildman–Crippen MR) is 77.3 cm³/mol. The zero-order valence-corrected chi connectivity index (χ0v) is 12.1. The molecular weight excluding hydrogens is 242 g/mol. The van der Waals surface area contributed by atoms with Crippen LogP contribution in [0.4, 0.5) is 11.8 Å². The Kier molecular flexibility index (Phi) is 6.05. The third-order valence-corrected chi connectivity index (χ3v) is 2.40. The molecule has 1 heterocycles. The lowest BCUT2D eigenvalue weighted by Crippen LogP contribution is -2.31. The lowest BCUT2D eigenvalue weighted by Gasteiger charge is -2.11. The van der Waals surface area contributed by atoms with Gasteiger partial charge in [0.1, 0.15) is 5.82 Å². The van der Waals surface area contributed by atoms with Crippen molar-refractivity contribution < 1.29 is 4.79 Å². The standard InChI is InChI=1S/C13H23N5O/c1-5-14-13-16-8-10(4)12(18-13)15-7-6-11(19)17-9(2)3/h8-9H,5-7H2,1-4H3,(H,17,19)(H2,14,15,16,18). The van der Waals surface area contributed by atoms with Crippen LogP contribution in [0.2, 0.25) is 0 Å². The van der Waals surface area contributed by atoms with E-state index in [0.717, 1.165) is 17.9 Å². The predicted octanol–water partition coefficient (Wildman–Crippen LogP) is 1.54. The van der Waals surface area contributed by atoms with Crippen molar-refractivity contribution in [2.45, 2.75) is 40.2 Å². The maximum absolute atomic E-state index is 11.5. The molecule has 0 bridgehead atoms. The highest BCUT2D eigenvalue weighted by Crippen LogP contribution is 2.12. The first-order valence-electron chi connectivity index (χ1n) is 6.63. The molecule has 6 nitrogen and oxygen atoms in total. The van der Waals surface area contributed by atoms with Crippen molar-refractivity contribution in [3.63, 3.8) is 0 Å².